The third-order valence-corrected chi connectivity index (χ3v) is 3.86. The molecule has 0 saturated heterocycles. The number of ether oxygens (including phenoxy) is 1. The summed E-state index contributed by atoms with van der Waals surface area (Å²) in [5, 5.41) is 4.95. The summed E-state index contributed by atoms with van der Waals surface area (Å²) in [6.07, 6.45) is 0.324. The van der Waals surface area contributed by atoms with Crippen LogP contribution in [0.15, 0.2) is 41.8 Å². The van der Waals surface area contributed by atoms with Crippen molar-refractivity contribution in [1.82, 2.24) is 5.32 Å². The van der Waals surface area contributed by atoms with Gasteiger partial charge in [-0.25, -0.2) is 0 Å². The van der Waals surface area contributed by atoms with Crippen molar-refractivity contribution < 1.29 is 9.53 Å². The predicted octanol–water partition coefficient (Wildman–Crippen LogP) is 2.98. The largest absolute Gasteiger partial charge is 0.493 e. The minimum atomic E-state index is -0.0187. The van der Waals surface area contributed by atoms with E-state index in [0.717, 1.165) is 4.88 Å². The number of nitrogen functional groups attached to an aromatic ring is 1. The van der Waals surface area contributed by atoms with E-state index >= 15 is 0 Å². The van der Waals surface area contributed by atoms with Crippen LogP contribution in [0.3, 0.4) is 0 Å². The highest BCUT2D eigenvalue weighted by Crippen LogP contribution is 2.18. The van der Waals surface area contributed by atoms with E-state index in [1.165, 1.54) is 0 Å². The Morgan fingerprint density at radius 1 is 1.40 bits per heavy atom. The molecule has 1 unspecified atom stereocenters. The van der Waals surface area contributed by atoms with Crippen LogP contribution >= 0.6 is 11.3 Å². The molecule has 0 aliphatic carbocycles. The van der Waals surface area contributed by atoms with Crippen LogP contribution in [-0.4, -0.2) is 12.5 Å². The molecule has 0 bridgehead atoms. The number of nitrogens with two attached hydrogens (primary N) is 1. The normalized spacial score (nSPS) is 11.8. The van der Waals surface area contributed by atoms with Gasteiger partial charge in [0.25, 0.3) is 0 Å². The molecule has 0 fully saturated rings. The van der Waals surface area contributed by atoms with Gasteiger partial charge in [-0.3, -0.25) is 4.79 Å². The van der Waals surface area contributed by atoms with Gasteiger partial charge in [-0.2, -0.15) is 0 Å². The molecule has 1 aromatic carbocycles. The molecular formula is C15H18N2O2S. The Kier molecular flexibility index (Phi) is 5.01. The van der Waals surface area contributed by atoms with Crippen molar-refractivity contribution in [2.24, 2.45) is 0 Å². The molecule has 106 valence electrons. The van der Waals surface area contributed by atoms with E-state index in [1.54, 1.807) is 23.5 Å². The first-order valence-electron chi connectivity index (χ1n) is 6.46. The summed E-state index contributed by atoms with van der Waals surface area (Å²) in [6, 6.07) is 11.2. The van der Waals surface area contributed by atoms with Crippen molar-refractivity contribution in [3.05, 3.63) is 46.7 Å². The van der Waals surface area contributed by atoms with Gasteiger partial charge < -0.3 is 15.8 Å². The van der Waals surface area contributed by atoms with Gasteiger partial charge in [-0.15, -0.1) is 11.3 Å². The van der Waals surface area contributed by atoms with Crippen molar-refractivity contribution in [2.75, 3.05) is 12.3 Å². The van der Waals surface area contributed by atoms with Gasteiger partial charge in [0.15, 0.2) is 0 Å². The van der Waals surface area contributed by atoms with E-state index in [2.05, 4.69) is 5.32 Å². The minimum Gasteiger partial charge on any atom is -0.493 e. The molecule has 4 nitrogen and oxygen atoms in total. The lowest BCUT2D eigenvalue weighted by atomic mass is 10.2. The smallest absolute Gasteiger partial charge is 0.223 e. The lowest BCUT2D eigenvalue weighted by Crippen LogP contribution is -2.27. The zero-order valence-electron chi connectivity index (χ0n) is 11.3. The monoisotopic (exact) mass is 290 g/mol. The van der Waals surface area contributed by atoms with E-state index in [9.17, 15) is 4.79 Å². The molecule has 5 heteroatoms. The molecule has 0 saturated carbocycles. The number of carbonyl (C=O) groups is 1. The van der Waals surface area contributed by atoms with Crippen LogP contribution in [0, 0.1) is 0 Å². The van der Waals surface area contributed by atoms with Crippen LogP contribution in [0.25, 0.3) is 0 Å². The fourth-order valence-corrected chi connectivity index (χ4v) is 2.52. The van der Waals surface area contributed by atoms with Crippen molar-refractivity contribution in [3.63, 3.8) is 0 Å². The van der Waals surface area contributed by atoms with Crippen LogP contribution < -0.4 is 15.8 Å². The summed E-state index contributed by atoms with van der Waals surface area (Å²) in [7, 11) is 0. The van der Waals surface area contributed by atoms with Gasteiger partial charge in [-0.1, -0.05) is 12.1 Å². The number of hydrogen-bond acceptors (Lipinski definition) is 4. The van der Waals surface area contributed by atoms with E-state index in [4.69, 9.17) is 10.5 Å². The quantitative estimate of drug-likeness (QED) is 0.804. The lowest BCUT2D eigenvalue weighted by molar-refractivity contribution is -0.122. The minimum absolute atomic E-state index is 0.0187. The van der Waals surface area contributed by atoms with Crippen LogP contribution in [0.5, 0.6) is 5.75 Å². The second-order valence-electron chi connectivity index (χ2n) is 4.48. The van der Waals surface area contributed by atoms with Gasteiger partial charge in [0.05, 0.1) is 19.1 Å². The average molecular weight is 290 g/mol. The second-order valence-corrected chi connectivity index (χ2v) is 5.45. The summed E-state index contributed by atoms with van der Waals surface area (Å²) in [6.45, 7) is 2.31. The van der Waals surface area contributed by atoms with Crippen LogP contribution in [-0.2, 0) is 4.79 Å². The molecule has 2 rings (SSSR count). The maximum atomic E-state index is 11.8. The molecule has 1 aromatic heterocycles. The molecule has 0 radical (unpaired) electrons. The fraction of sp³-hybridized carbons (Fsp3) is 0.267. The van der Waals surface area contributed by atoms with Gasteiger partial charge in [0, 0.05) is 16.6 Å². The molecule has 1 amide bonds. The molecule has 0 aliphatic rings. The highest BCUT2D eigenvalue weighted by Gasteiger charge is 2.10. The topological polar surface area (TPSA) is 64.3 Å². The number of thiophene rings is 1. The molecule has 0 spiro atoms. The Morgan fingerprint density at radius 2 is 2.25 bits per heavy atom. The van der Waals surface area contributed by atoms with Crippen LogP contribution in [0.4, 0.5) is 5.69 Å². The highest BCUT2D eigenvalue weighted by molar-refractivity contribution is 7.10. The number of carbonyl (C=O) groups excluding carboxylic acids is 1. The van der Waals surface area contributed by atoms with Crippen molar-refractivity contribution >= 4 is 22.9 Å². The lowest BCUT2D eigenvalue weighted by Gasteiger charge is -2.12. The molecule has 2 aromatic rings. The summed E-state index contributed by atoms with van der Waals surface area (Å²) in [5.74, 6) is 0.666. The third kappa shape index (κ3) is 4.28. The third-order valence-electron chi connectivity index (χ3n) is 2.80. The summed E-state index contributed by atoms with van der Waals surface area (Å²) in [5.41, 5.74) is 6.30. The molecule has 0 aliphatic heterocycles. The summed E-state index contributed by atoms with van der Waals surface area (Å²) >= 11 is 1.64. The first-order chi connectivity index (χ1) is 9.65. The van der Waals surface area contributed by atoms with Crippen molar-refractivity contribution in [1.29, 1.82) is 0 Å². The first kappa shape index (κ1) is 14.4. The van der Waals surface area contributed by atoms with E-state index in [-0.39, 0.29) is 11.9 Å². The van der Waals surface area contributed by atoms with E-state index in [1.807, 2.05) is 36.6 Å². The Hall–Kier alpha value is -2.01. The molecule has 3 N–H and O–H groups in total. The standard InChI is InChI=1S/C15H18N2O2S/c1-11(14-6-3-9-20-14)17-15(18)7-8-19-13-5-2-4-12(16)10-13/h2-6,9-11H,7-8,16H2,1H3,(H,17,18). The second kappa shape index (κ2) is 6.96. The summed E-state index contributed by atoms with van der Waals surface area (Å²) in [4.78, 5) is 12.9. The fourth-order valence-electron chi connectivity index (χ4n) is 1.79. The SMILES string of the molecule is CC(NC(=O)CCOc1cccc(N)c1)c1cccs1. The van der Waals surface area contributed by atoms with Crippen LogP contribution in [0.1, 0.15) is 24.3 Å². The number of rotatable bonds is 6. The average Bonchev–Trinajstić information content (AvgIpc) is 2.92. The zero-order valence-corrected chi connectivity index (χ0v) is 12.2. The van der Waals surface area contributed by atoms with Crippen LogP contribution in [0.2, 0.25) is 0 Å². The molecule has 1 atom stereocenters. The number of nitrogens with one attached hydrogen (secondary N) is 1. The highest BCUT2D eigenvalue weighted by atomic mass is 32.1. The number of benzene rings is 1. The first-order valence-corrected chi connectivity index (χ1v) is 7.34. The number of hydrogen-bond donors (Lipinski definition) is 2. The van der Waals surface area contributed by atoms with E-state index in [0.29, 0.717) is 24.5 Å². The van der Waals surface area contributed by atoms with Gasteiger partial charge in [0.1, 0.15) is 5.75 Å². The molecule has 20 heavy (non-hydrogen) atoms. The Morgan fingerprint density at radius 3 is 2.95 bits per heavy atom. The molecular weight excluding hydrogens is 272 g/mol. The van der Waals surface area contributed by atoms with Gasteiger partial charge >= 0.3 is 0 Å². The maximum Gasteiger partial charge on any atom is 0.223 e. The van der Waals surface area contributed by atoms with Crippen molar-refractivity contribution in [2.45, 2.75) is 19.4 Å². The summed E-state index contributed by atoms with van der Waals surface area (Å²) < 4.78 is 5.49. The Balaban J connectivity index is 1.73. The Labute approximate surface area is 122 Å². The predicted molar refractivity (Wildman–Crippen MR) is 81.8 cm³/mol. The number of amides is 1. The molecule has 1 heterocycles. The number of anilines is 1. The van der Waals surface area contributed by atoms with Gasteiger partial charge in [-0.05, 0) is 30.5 Å². The van der Waals surface area contributed by atoms with Crippen molar-refractivity contribution in [3.8, 4) is 5.75 Å². The van der Waals surface area contributed by atoms with E-state index < -0.39 is 0 Å². The maximum absolute atomic E-state index is 11.8. The zero-order chi connectivity index (χ0) is 14.4. The Bertz CT molecular complexity index is 555. The van der Waals surface area contributed by atoms with Gasteiger partial charge in [0.2, 0.25) is 5.91 Å².